The predicted molar refractivity (Wildman–Crippen MR) is 60.1 cm³/mol. The van der Waals surface area contributed by atoms with Gasteiger partial charge in [-0.3, -0.25) is 4.79 Å². The molecule has 0 bridgehead atoms. The van der Waals surface area contributed by atoms with Crippen molar-refractivity contribution in [3.63, 3.8) is 0 Å². The second-order valence-corrected chi connectivity index (χ2v) is 4.34. The number of Topliss-reactive ketones (excluding diaryl/α,β-unsaturated/α-hetero) is 1. The number of ketones is 1. The molecule has 0 unspecified atom stereocenters. The van der Waals surface area contributed by atoms with Gasteiger partial charge in [-0.1, -0.05) is 23.2 Å². The zero-order chi connectivity index (χ0) is 11.0. The highest BCUT2D eigenvalue weighted by atomic mass is 35.5. The Morgan fingerprint density at radius 1 is 1.33 bits per heavy atom. The second-order valence-electron chi connectivity index (χ2n) is 3.58. The van der Waals surface area contributed by atoms with Crippen LogP contribution in [0, 0.1) is 5.92 Å². The molecule has 0 N–H and O–H groups in total. The molecule has 0 saturated heterocycles. The molecule has 0 amide bonds. The quantitative estimate of drug-likeness (QED) is 0.760. The van der Waals surface area contributed by atoms with Crippen molar-refractivity contribution in [3.05, 3.63) is 27.7 Å². The van der Waals surface area contributed by atoms with Crippen molar-refractivity contribution in [1.29, 1.82) is 0 Å². The lowest BCUT2D eigenvalue weighted by Gasteiger charge is -2.08. The fourth-order valence-corrected chi connectivity index (χ4v) is 1.94. The molecule has 1 fully saturated rings. The summed E-state index contributed by atoms with van der Waals surface area (Å²) in [5, 5.41) is 0.610. The average molecular weight is 245 g/mol. The number of carbonyl (C=O) groups excluding carboxylic acids is 1. The number of methoxy groups -OCH3 is 1. The molecule has 0 spiro atoms. The number of hydrogen-bond acceptors (Lipinski definition) is 2. The van der Waals surface area contributed by atoms with Crippen LogP contribution in [0.15, 0.2) is 12.1 Å². The molecular formula is C11H10Cl2O2. The Morgan fingerprint density at radius 2 is 2.00 bits per heavy atom. The Morgan fingerprint density at radius 3 is 2.53 bits per heavy atom. The SMILES string of the molecule is COc1ccc(C(=O)C2CC2)c(Cl)c1Cl. The normalized spacial score (nSPS) is 15.1. The van der Waals surface area contributed by atoms with Gasteiger partial charge in [0.1, 0.15) is 10.8 Å². The molecule has 4 heteroatoms. The number of rotatable bonds is 3. The maximum Gasteiger partial charge on any atom is 0.167 e. The van der Waals surface area contributed by atoms with E-state index in [0.29, 0.717) is 21.4 Å². The molecule has 1 aromatic rings. The van der Waals surface area contributed by atoms with Crippen molar-refractivity contribution >= 4 is 29.0 Å². The summed E-state index contributed by atoms with van der Waals surface area (Å²) < 4.78 is 5.01. The van der Waals surface area contributed by atoms with Crippen LogP contribution in [0.3, 0.4) is 0 Å². The summed E-state index contributed by atoms with van der Waals surface area (Å²) in [6.07, 6.45) is 1.91. The van der Waals surface area contributed by atoms with Crippen LogP contribution in [0.1, 0.15) is 23.2 Å². The summed E-state index contributed by atoms with van der Waals surface area (Å²) in [6, 6.07) is 3.34. The summed E-state index contributed by atoms with van der Waals surface area (Å²) >= 11 is 12.0. The van der Waals surface area contributed by atoms with Crippen LogP contribution in [0.4, 0.5) is 0 Å². The predicted octanol–water partition coefficient (Wildman–Crippen LogP) is 3.59. The van der Waals surface area contributed by atoms with Crippen LogP contribution in [-0.4, -0.2) is 12.9 Å². The van der Waals surface area contributed by atoms with Gasteiger partial charge in [0, 0.05) is 11.5 Å². The molecule has 1 aliphatic rings. The van der Waals surface area contributed by atoms with E-state index in [-0.39, 0.29) is 11.7 Å². The molecule has 80 valence electrons. The van der Waals surface area contributed by atoms with E-state index in [9.17, 15) is 4.79 Å². The first kappa shape index (κ1) is 10.8. The Kier molecular flexibility index (Phi) is 2.89. The minimum absolute atomic E-state index is 0.0875. The molecule has 15 heavy (non-hydrogen) atoms. The van der Waals surface area contributed by atoms with Crippen LogP contribution in [-0.2, 0) is 0 Å². The van der Waals surface area contributed by atoms with Crippen molar-refractivity contribution in [3.8, 4) is 5.75 Å². The highest BCUT2D eigenvalue weighted by Crippen LogP contribution is 2.39. The minimum atomic E-state index is 0.0875. The summed E-state index contributed by atoms with van der Waals surface area (Å²) in [7, 11) is 1.51. The molecule has 1 aliphatic carbocycles. The number of ether oxygens (including phenoxy) is 1. The van der Waals surface area contributed by atoms with Gasteiger partial charge in [-0.2, -0.15) is 0 Å². The summed E-state index contributed by atoms with van der Waals surface area (Å²) in [6.45, 7) is 0. The standard InChI is InChI=1S/C11H10Cl2O2/c1-15-8-5-4-7(9(12)10(8)13)11(14)6-2-3-6/h4-6H,2-3H2,1H3. The molecule has 1 aromatic carbocycles. The van der Waals surface area contributed by atoms with E-state index in [4.69, 9.17) is 27.9 Å². The number of halogens is 2. The van der Waals surface area contributed by atoms with Crippen LogP contribution < -0.4 is 4.74 Å². The van der Waals surface area contributed by atoms with Crippen LogP contribution in [0.2, 0.25) is 10.0 Å². The van der Waals surface area contributed by atoms with Crippen molar-refractivity contribution in [1.82, 2.24) is 0 Å². The molecule has 2 nitrogen and oxygen atoms in total. The minimum Gasteiger partial charge on any atom is -0.495 e. The van der Waals surface area contributed by atoms with Crippen molar-refractivity contribution in [2.24, 2.45) is 5.92 Å². The Bertz CT molecular complexity index is 411. The second kappa shape index (κ2) is 4.03. The maximum absolute atomic E-state index is 11.8. The van der Waals surface area contributed by atoms with Crippen molar-refractivity contribution < 1.29 is 9.53 Å². The molecule has 0 heterocycles. The van der Waals surface area contributed by atoms with Gasteiger partial charge in [0.25, 0.3) is 0 Å². The van der Waals surface area contributed by atoms with Gasteiger partial charge in [0.05, 0.1) is 12.1 Å². The van der Waals surface area contributed by atoms with E-state index in [1.165, 1.54) is 7.11 Å². The zero-order valence-corrected chi connectivity index (χ0v) is 9.73. The third-order valence-electron chi connectivity index (χ3n) is 2.48. The van der Waals surface area contributed by atoms with Gasteiger partial charge in [-0.25, -0.2) is 0 Å². The summed E-state index contributed by atoms with van der Waals surface area (Å²) in [4.78, 5) is 11.8. The first-order chi connectivity index (χ1) is 7.15. The lowest BCUT2D eigenvalue weighted by atomic mass is 10.1. The van der Waals surface area contributed by atoms with Gasteiger partial charge in [0.2, 0.25) is 0 Å². The smallest absolute Gasteiger partial charge is 0.167 e. The Hall–Kier alpha value is -0.730. The first-order valence-corrected chi connectivity index (χ1v) is 5.47. The van der Waals surface area contributed by atoms with Gasteiger partial charge in [-0.05, 0) is 25.0 Å². The Balaban J connectivity index is 2.40. The van der Waals surface area contributed by atoms with E-state index >= 15 is 0 Å². The average Bonchev–Trinajstić information content (AvgIpc) is 3.04. The number of carbonyl (C=O) groups is 1. The molecule has 0 atom stereocenters. The zero-order valence-electron chi connectivity index (χ0n) is 8.22. The fourth-order valence-electron chi connectivity index (χ4n) is 1.45. The maximum atomic E-state index is 11.8. The molecule has 1 saturated carbocycles. The topological polar surface area (TPSA) is 26.3 Å². The highest BCUT2D eigenvalue weighted by Gasteiger charge is 2.32. The molecule has 2 rings (SSSR count). The van der Waals surface area contributed by atoms with Crippen molar-refractivity contribution in [2.75, 3.05) is 7.11 Å². The third kappa shape index (κ3) is 1.97. The van der Waals surface area contributed by atoms with Gasteiger partial charge in [0.15, 0.2) is 5.78 Å². The van der Waals surface area contributed by atoms with Crippen LogP contribution in [0.5, 0.6) is 5.75 Å². The molecule has 0 radical (unpaired) electrons. The van der Waals surface area contributed by atoms with E-state index in [0.717, 1.165) is 12.8 Å². The van der Waals surface area contributed by atoms with E-state index in [2.05, 4.69) is 0 Å². The fraction of sp³-hybridized carbons (Fsp3) is 0.364. The van der Waals surface area contributed by atoms with Crippen LogP contribution in [0.25, 0.3) is 0 Å². The molecular weight excluding hydrogens is 235 g/mol. The van der Waals surface area contributed by atoms with Crippen molar-refractivity contribution in [2.45, 2.75) is 12.8 Å². The number of hydrogen-bond donors (Lipinski definition) is 0. The van der Waals surface area contributed by atoms with E-state index < -0.39 is 0 Å². The summed E-state index contributed by atoms with van der Waals surface area (Å²) in [5.74, 6) is 0.727. The van der Waals surface area contributed by atoms with Gasteiger partial charge in [-0.15, -0.1) is 0 Å². The first-order valence-electron chi connectivity index (χ1n) is 4.71. The van der Waals surface area contributed by atoms with Gasteiger partial charge >= 0.3 is 0 Å². The van der Waals surface area contributed by atoms with Crippen LogP contribution >= 0.6 is 23.2 Å². The largest absolute Gasteiger partial charge is 0.495 e. The number of benzene rings is 1. The molecule has 0 aliphatic heterocycles. The lowest BCUT2D eigenvalue weighted by Crippen LogP contribution is -2.02. The highest BCUT2D eigenvalue weighted by molar-refractivity contribution is 6.44. The van der Waals surface area contributed by atoms with E-state index in [1.807, 2.05) is 0 Å². The third-order valence-corrected chi connectivity index (χ3v) is 3.34. The molecule has 0 aromatic heterocycles. The lowest BCUT2D eigenvalue weighted by molar-refractivity contribution is 0.0968. The van der Waals surface area contributed by atoms with Gasteiger partial charge < -0.3 is 4.74 Å². The monoisotopic (exact) mass is 244 g/mol. The van der Waals surface area contributed by atoms with E-state index in [1.54, 1.807) is 12.1 Å². The Labute approximate surface area is 98.1 Å². The summed E-state index contributed by atoms with van der Waals surface area (Å²) in [5.41, 5.74) is 0.505.